The van der Waals surface area contributed by atoms with Gasteiger partial charge in [-0.1, -0.05) is 13.8 Å². The minimum absolute atomic E-state index is 0.0540. The van der Waals surface area contributed by atoms with Crippen LogP contribution in [0.3, 0.4) is 0 Å². The number of halogens is 1. The van der Waals surface area contributed by atoms with E-state index >= 15 is 0 Å². The summed E-state index contributed by atoms with van der Waals surface area (Å²) in [6, 6.07) is 0. The number of alkyl halides is 1. The Morgan fingerprint density at radius 3 is 2.00 bits per heavy atom. The highest BCUT2D eigenvalue weighted by molar-refractivity contribution is 6.29. The maximum atomic E-state index is 9.90. The molecule has 1 atom stereocenters. The lowest BCUT2D eigenvalue weighted by Gasteiger charge is -2.12. The normalized spacial score (nSPS) is 14.0. The molecule has 48 valence electrons. The lowest BCUT2D eigenvalue weighted by atomic mass is 10.1. The zero-order chi connectivity index (χ0) is 6.73. The molecule has 0 aliphatic rings. The predicted octanol–water partition coefficient (Wildman–Crippen LogP) is -0.000300. The summed E-state index contributed by atoms with van der Waals surface area (Å²) in [5, 5.41) is 9.05. The van der Waals surface area contributed by atoms with E-state index in [0.29, 0.717) is 0 Å². The first-order valence-electron chi connectivity index (χ1n) is 2.40. The molecule has 0 aliphatic heterocycles. The Balaban J connectivity index is 3.64. The fraction of sp³-hybridized carbons (Fsp3) is 0.800. The molecule has 0 amide bonds. The lowest BCUT2D eigenvalue weighted by molar-refractivity contribution is -0.305. The van der Waals surface area contributed by atoms with Gasteiger partial charge >= 0.3 is 0 Å². The molecule has 0 saturated heterocycles. The molecule has 0 spiro atoms. The zero-order valence-corrected chi connectivity index (χ0v) is 5.61. The Morgan fingerprint density at radius 1 is 1.62 bits per heavy atom. The standard InChI is InChI=1S/C5H9ClO2/c1-3(2)4(6)5(7)8/h3-4H,1-2H3,(H,7,8)/p-1/t4-/m1/s1. The summed E-state index contributed by atoms with van der Waals surface area (Å²) in [4.78, 5) is 9.90. The number of carboxylic acid groups (broad SMARTS) is 1. The average molecular weight is 136 g/mol. The fourth-order valence-corrected chi connectivity index (χ4v) is 0.272. The first-order chi connectivity index (χ1) is 3.55. The van der Waals surface area contributed by atoms with E-state index in [9.17, 15) is 9.90 Å². The van der Waals surface area contributed by atoms with Gasteiger partial charge in [-0.2, -0.15) is 0 Å². The second-order valence-electron chi connectivity index (χ2n) is 1.96. The SMILES string of the molecule is CC(C)[C@@H](Cl)C(=O)[O-]. The largest absolute Gasteiger partial charge is 0.549 e. The molecule has 0 bridgehead atoms. The smallest absolute Gasteiger partial charge is 0.0753 e. The van der Waals surface area contributed by atoms with Crippen LogP contribution in [0.5, 0.6) is 0 Å². The third kappa shape index (κ3) is 2.17. The van der Waals surface area contributed by atoms with E-state index in [1.54, 1.807) is 13.8 Å². The second-order valence-corrected chi connectivity index (χ2v) is 2.44. The Bertz CT molecular complexity index is 90.4. The molecule has 0 heterocycles. The molecule has 8 heavy (non-hydrogen) atoms. The van der Waals surface area contributed by atoms with Crippen LogP contribution in [-0.4, -0.2) is 11.3 Å². The van der Waals surface area contributed by atoms with Gasteiger partial charge in [-0.25, -0.2) is 0 Å². The maximum Gasteiger partial charge on any atom is 0.0753 e. The van der Waals surface area contributed by atoms with Crippen LogP contribution in [0.1, 0.15) is 13.8 Å². The highest BCUT2D eigenvalue weighted by atomic mass is 35.5. The summed E-state index contributed by atoms with van der Waals surface area (Å²) in [7, 11) is 0. The molecular weight excluding hydrogens is 128 g/mol. The minimum Gasteiger partial charge on any atom is -0.549 e. The van der Waals surface area contributed by atoms with Crippen LogP contribution < -0.4 is 5.11 Å². The monoisotopic (exact) mass is 135 g/mol. The molecule has 3 heteroatoms. The summed E-state index contributed by atoms with van der Waals surface area (Å²) in [6.45, 7) is 3.46. The summed E-state index contributed by atoms with van der Waals surface area (Å²) < 4.78 is 0. The van der Waals surface area contributed by atoms with E-state index < -0.39 is 11.3 Å². The fourth-order valence-electron chi connectivity index (χ4n) is 0.272. The van der Waals surface area contributed by atoms with Gasteiger partial charge in [0.2, 0.25) is 0 Å². The highest BCUT2D eigenvalue weighted by Gasteiger charge is 2.08. The molecule has 0 rings (SSSR count). The van der Waals surface area contributed by atoms with Crippen molar-refractivity contribution in [3.05, 3.63) is 0 Å². The summed E-state index contributed by atoms with van der Waals surface area (Å²) in [5.41, 5.74) is 0. The van der Waals surface area contributed by atoms with Crippen LogP contribution >= 0.6 is 11.6 Å². The zero-order valence-electron chi connectivity index (χ0n) is 4.85. The summed E-state index contributed by atoms with van der Waals surface area (Å²) >= 11 is 5.29. The topological polar surface area (TPSA) is 40.1 Å². The predicted molar refractivity (Wildman–Crippen MR) is 29.5 cm³/mol. The van der Waals surface area contributed by atoms with Gasteiger partial charge in [-0.05, 0) is 5.92 Å². The van der Waals surface area contributed by atoms with E-state index in [0.717, 1.165) is 0 Å². The van der Waals surface area contributed by atoms with Gasteiger partial charge in [-0.15, -0.1) is 11.6 Å². The molecule has 0 radical (unpaired) electrons. The number of carbonyl (C=O) groups is 1. The van der Waals surface area contributed by atoms with Crippen molar-refractivity contribution in [2.24, 2.45) is 5.92 Å². The quantitative estimate of drug-likeness (QED) is 0.500. The first kappa shape index (κ1) is 7.76. The third-order valence-corrected chi connectivity index (χ3v) is 1.49. The Kier molecular flexibility index (Phi) is 2.84. The van der Waals surface area contributed by atoms with Gasteiger partial charge in [0.25, 0.3) is 0 Å². The van der Waals surface area contributed by atoms with Gasteiger partial charge in [0.15, 0.2) is 0 Å². The molecule has 2 nitrogen and oxygen atoms in total. The number of hydrogen-bond acceptors (Lipinski definition) is 2. The maximum absolute atomic E-state index is 9.90. The Hall–Kier alpha value is -0.240. The Labute approximate surface area is 53.5 Å². The van der Waals surface area contributed by atoms with E-state index in [2.05, 4.69) is 0 Å². The number of aliphatic carboxylic acids is 1. The number of carboxylic acids is 1. The third-order valence-electron chi connectivity index (χ3n) is 0.810. The van der Waals surface area contributed by atoms with Crippen LogP contribution in [-0.2, 0) is 4.79 Å². The number of hydrogen-bond donors (Lipinski definition) is 0. The van der Waals surface area contributed by atoms with E-state index in [1.807, 2.05) is 0 Å². The number of carbonyl (C=O) groups excluding carboxylic acids is 1. The van der Waals surface area contributed by atoms with Crippen LogP contribution in [0.15, 0.2) is 0 Å². The molecule has 0 aromatic heterocycles. The van der Waals surface area contributed by atoms with Crippen molar-refractivity contribution in [2.45, 2.75) is 19.2 Å². The molecule has 0 aromatic rings. The van der Waals surface area contributed by atoms with Crippen LogP contribution in [0, 0.1) is 5.92 Å². The van der Waals surface area contributed by atoms with Crippen molar-refractivity contribution in [3.63, 3.8) is 0 Å². The van der Waals surface area contributed by atoms with E-state index in [4.69, 9.17) is 11.6 Å². The lowest BCUT2D eigenvalue weighted by Crippen LogP contribution is -2.35. The number of rotatable bonds is 2. The molecule has 0 fully saturated rings. The second kappa shape index (κ2) is 2.92. The van der Waals surface area contributed by atoms with Crippen molar-refractivity contribution < 1.29 is 9.90 Å². The van der Waals surface area contributed by atoms with Gasteiger partial charge in [-0.3, -0.25) is 0 Å². The molecule has 0 unspecified atom stereocenters. The van der Waals surface area contributed by atoms with Gasteiger partial charge in [0.1, 0.15) is 0 Å². The van der Waals surface area contributed by atoms with Crippen molar-refractivity contribution >= 4 is 17.6 Å². The van der Waals surface area contributed by atoms with Gasteiger partial charge in [0.05, 0.1) is 11.3 Å². The van der Waals surface area contributed by atoms with Crippen LogP contribution in [0.2, 0.25) is 0 Å². The minimum atomic E-state index is -1.19. The average Bonchev–Trinajstić information content (AvgIpc) is 1.64. The Morgan fingerprint density at radius 2 is 2.00 bits per heavy atom. The highest BCUT2D eigenvalue weighted by Crippen LogP contribution is 2.06. The summed E-state index contributed by atoms with van der Waals surface area (Å²) in [6.07, 6.45) is 0. The van der Waals surface area contributed by atoms with Crippen molar-refractivity contribution in [1.82, 2.24) is 0 Å². The summed E-state index contributed by atoms with van der Waals surface area (Å²) in [5.74, 6) is -1.25. The van der Waals surface area contributed by atoms with E-state index in [1.165, 1.54) is 0 Å². The van der Waals surface area contributed by atoms with Crippen molar-refractivity contribution in [3.8, 4) is 0 Å². The van der Waals surface area contributed by atoms with Crippen LogP contribution in [0.25, 0.3) is 0 Å². The van der Waals surface area contributed by atoms with Gasteiger partial charge < -0.3 is 9.90 Å². The van der Waals surface area contributed by atoms with Crippen LogP contribution in [0.4, 0.5) is 0 Å². The molecule has 0 N–H and O–H groups in total. The first-order valence-corrected chi connectivity index (χ1v) is 2.84. The molecule has 0 aliphatic carbocycles. The van der Waals surface area contributed by atoms with Crippen molar-refractivity contribution in [2.75, 3.05) is 0 Å². The van der Waals surface area contributed by atoms with Gasteiger partial charge in [0, 0.05) is 0 Å². The van der Waals surface area contributed by atoms with E-state index in [-0.39, 0.29) is 5.92 Å². The molecule has 0 aromatic carbocycles. The van der Waals surface area contributed by atoms with Crippen molar-refractivity contribution in [1.29, 1.82) is 0 Å². The molecular formula is C5H8ClO2-. The molecule has 0 saturated carbocycles.